The van der Waals surface area contributed by atoms with Gasteiger partial charge in [0.15, 0.2) is 11.5 Å². The number of rotatable bonds is 11. The molecule has 1 atom stereocenters. The van der Waals surface area contributed by atoms with E-state index in [2.05, 4.69) is 0 Å². The average Bonchev–Trinajstić information content (AvgIpc) is 2.93. The highest BCUT2D eigenvalue weighted by molar-refractivity contribution is 6.34. The third-order valence-electron chi connectivity index (χ3n) is 5.77. The van der Waals surface area contributed by atoms with E-state index in [0.29, 0.717) is 34.1 Å². The highest BCUT2D eigenvalue weighted by atomic mass is 35.5. The molecule has 0 aliphatic rings. The highest BCUT2D eigenvalue weighted by Crippen LogP contribution is 2.42. The Morgan fingerprint density at radius 2 is 1.58 bits per heavy atom. The molecule has 0 fully saturated rings. The summed E-state index contributed by atoms with van der Waals surface area (Å²) >= 11 is 6.63. The third-order valence-corrected chi connectivity index (χ3v) is 6.07. The van der Waals surface area contributed by atoms with Gasteiger partial charge in [0, 0.05) is 34.9 Å². The Morgan fingerprint density at radius 1 is 0.895 bits per heavy atom. The minimum Gasteiger partial charge on any atom is -0.497 e. The number of carboxylic acid groups (broad SMARTS) is 1. The number of aliphatic hydroxyl groups excluding tert-OH is 1. The van der Waals surface area contributed by atoms with Crippen LogP contribution in [0.3, 0.4) is 0 Å². The number of aliphatic carboxylic acids is 1. The van der Waals surface area contributed by atoms with Gasteiger partial charge in [0.25, 0.3) is 5.91 Å². The summed E-state index contributed by atoms with van der Waals surface area (Å²) in [5, 5.41) is 20.8. The summed E-state index contributed by atoms with van der Waals surface area (Å²) in [5.74, 6) is -0.256. The number of hydrogen-bond acceptors (Lipinski definition) is 7. The Bertz CT molecular complexity index is 1340. The summed E-state index contributed by atoms with van der Waals surface area (Å²) in [7, 11) is 5.94. The summed E-state index contributed by atoms with van der Waals surface area (Å²) in [6, 6.07) is 15.0. The van der Waals surface area contributed by atoms with E-state index in [4.69, 9.17) is 35.7 Å². The number of carbonyl (C=O) groups is 2. The van der Waals surface area contributed by atoms with Crippen molar-refractivity contribution in [1.29, 1.82) is 0 Å². The van der Waals surface area contributed by atoms with Crippen LogP contribution in [-0.4, -0.2) is 50.5 Å². The lowest BCUT2D eigenvalue weighted by Gasteiger charge is -2.28. The third kappa shape index (κ3) is 6.19. The highest BCUT2D eigenvalue weighted by Gasteiger charge is 2.28. The van der Waals surface area contributed by atoms with E-state index in [0.717, 1.165) is 12.2 Å². The number of ether oxygens (including phenoxy) is 4. The Hall–Kier alpha value is -4.21. The van der Waals surface area contributed by atoms with Crippen LogP contribution in [-0.2, 0) is 16.1 Å². The molecule has 0 aromatic heterocycles. The van der Waals surface area contributed by atoms with Gasteiger partial charge in [0.05, 0.1) is 45.7 Å². The molecule has 0 radical (unpaired) electrons. The van der Waals surface area contributed by atoms with E-state index in [9.17, 15) is 14.7 Å². The Balaban J connectivity index is 2.20. The number of halogens is 1. The standard InChI is InChI=1S/C28H28ClNO8/c1-35-18-12-11-17(23(15-18)37-3)16-30(24(31)13-14-25(32)33)26-19(7-5-9-21(26)29)27(34)20-8-6-10-22(36-2)28(20)38-4/h5-15,27,34H,16H2,1-4H3,(H,32,33). The molecule has 0 aliphatic carbocycles. The average molecular weight is 542 g/mol. The first kappa shape index (κ1) is 28.4. The van der Waals surface area contributed by atoms with Crippen molar-refractivity contribution in [2.75, 3.05) is 33.3 Å². The first-order valence-corrected chi connectivity index (χ1v) is 11.7. The summed E-state index contributed by atoms with van der Waals surface area (Å²) in [4.78, 5) is 25.8. The fourth-order valence-corrected chi connectivity index (χ4v) is 4.27. The van der Waals surface area contributed by atoms with E-state index >= 15 is 0 Å². The number of nitrogens with zero attached hydrogens (tertiary/aromatic N) is 1. The van der Waals surface area contributed by atoms with Gasteiger partial charge in [-0.25, -0.2) is 4.79 Å². The molecule has 1 unspecified atom stereocenters. The van der Waals surface area contributed by atoms with Gasteiger partial charge in [0.2, 0.25) is 0 Å². The molecule has 200 valence electrons. The van der Waals surface area contributed by atoms with Crippen molar-refractivity contribution in [3.63, 3.8) is 0 Å². The van der Waals surface area contributed by atoms with Gasteiger partial charge in [-0.3, -0.25) is 4.79 Å². The van der Waals surface area contributed by atoms with E-state index in [1.54, 1.807) is 54.6 Å². The molecule has 10 heteroatoms. The van der Waals surface area contributed by atoms with Gasteiger partial charge in [0.1, 0.15) is 17.6 Å². The van der Waals surface area contributed by atoms with Crippen molar-refractivity contribution in [1.82, 2.24) is 0 Å². The predicted molar refractivity (Wildman–Crippen MR) is 143 cm³/mol. The maximum atomic E-state index is 13.4. The SMILES string of the molecule is COc1ccc(CN(C(=O)C=CC(=O)O)c2c(Cl)cccc2C(O)c2cccc(OC)c2OC)c(OC)c1. The van der Waals surface area contributed by atoms with Crippen LogP contribution in [0.2, 0.25) is 5.02 Å². The number of methoxy groups -OCH3 is 4. The Morgan fingerprint density at radius 3 is 2.21 bits per heavy atom. The van der Waals surface area contributed by atoms with E-state index in [-0.39, 0.29) is 22.8 Å². The van der Waals surface area contributed by atoms with Crippen molar-refractivity contribution in [2.45, 2.75) is 12.6 Å². The molecule has 0 saturated carbocycles. The minimum absolute atomic E-state index is 0.0609. The first-order valence-electron chi connectivity index (χ1n) is 11.4. The van der Waals surface area contributed by atoms with Crippen LogP contribution in [0.15, 0.2) is 66.7 Å². The van der Waals surface area contributed by atoms with E-state index < -0.39 is 18.0 Å². The second kappa shape index (κ2) is 12.8. The fraction of sp³-hybridized carbons (Fsp3) is 0.214. The van der Waals surface area contributed by atoms with Crippen molar-refractivity contribution in [3.05, 3.63) is 88.5 Å². The van der Waals surface area contributed by atoms with Crippen LogP contribution in [0, 0.1) is 0 Å². The van der Waals surface area contributed by atoms with E-state index in [1.165, 1.54) is 33.3 Å². The lowest BCUT2D eigenvalue weighted by Crippen LogP contribution is -2.31. The normalized spacial score (nSPS) is 11.6. The first-order chi connectivity index (χ1) is 18.2. The molecule has 9 nitrogen and oxygen atoms in total. The number of carbonyl (C=O) groups excluding carboxylic acids is 1. The van der Waals surface area contributed by atoms with Crippen molar-refractivity contribution in [3.8, 4) is 23.0 Å². The number of para-hydroxylation sites is 2. The molecule has 3 aromatic carbocycles. The molecule has 0 bridgehead atoms. The molecule has 3 rings (SSSR count). The minimum atomic E-state index is -1.29. The lowest BCUT2D eigenvalue weighted by molar-refractivity contribution is -0.131. The van der Waals surface area contributed by atoms with Gasteiger partial charge in [-0.1, -0.05) is 35.9 Å². The molecule has 1 amide bonds. The van der Waals surface area contributed by atoms with Crippen LogP contribution in [0.5, 0.6) is 23.0 Å². The Kier molecular flexibility index (Phi) is 9.59. The number of amides is 1. The molecule has 2 N–H and O–H groups in total. The maximum absolute atomic E-state index is 13.4. The fourth-order valence-electron chi connectivity index (χ4n) is 3.98. The molecule has 0 spiro atoms. The number of carboxylic acids is 1. The molecular formula is C28H28ClNO8. The number of benzene rings is 3. The zero-order valence-corrected chi connectivity index (χ0v) is 22.1. The largest absolute Gasteiger partial charge is 0.497 e. The summed E-state index contributed by atoms with van der Waals surface area (Å²) in [6.07, 6.45) is 0.369. The van der Waals surface area contributed by atoms with E-state index in [1.807, 2.05) is 0 Å². The quantitative estimate of drug-likeness (QED) is 0.338. The van der Waals surface area contributed by atoms with Gasteiger partial charge in [-0.15, -0.1) is 0 Å². The smallest absolute Gasteiger partial charge is 0.328 e. The maximum Gasteiger partial charge on any atom is 0.328 e. The molecule has 3 aromatic rings. The monoisotopic (exact) mass is 541 g/mol. The summed E-state index contributed by atoms with van der Waals surface area (Å²) in [6.45, 7) is -0.0609. The van der Waals surface area contributed by atoms with Crippen LogP contribution in [0.4, 0.5) is 5.69 Å². The zero-order valence-electron chi connectivity index (χ0n) is 21.3. The van der Waals surface area contributed by atoms with Gasteiger partial charge in [-0.2, -0.15) is 0 Å². The van der Waals surface area contributed by atoms with Crippen LogP contribution >= 0.6 is 11.6 Å². The van der Waals surface area contributed by atoms with Gasteiger partial charge < -0.3 is 34.1 Å². The zero-order chi connectivity index (χ0) is 27.8. The molecule has 0 heterocycles. The number of hydrogen-bond donors (Lipinski definition) is 2. The summed E-state index contributed by atoms with van der Waals surface area (Å²) in [5.41, 5.74) is 1.44. The topological polar surface area (TPSA) is 115 Å². The lowest BCUT2D eigenvalue weighted by atomic mass is 9.97. The second-order valence-corrected chi connectivity index (χ2v) is 8.34. The van der Waals surface area contributed by atoms with Crippen molar-refractivity contribution < 1.29 is 38.7 Å². The molecule has 38 heavy (non-hydrogen) atoms. The number of anilines is 1. The van der Waals surface area contributed by atoms with Crippen LogP contribution < -0.4 is 23.8 Å². The second-order valence-electron chi connectivity index (χ2n) is 7.94. The predicted octanol–water partition coefficient (Wildman–Crippen LogP) is 4.63. The van der Waals surface area contributed by atoms with Crippen molar-refractivity contribution in [2.24, 2.45) is 0 Å². The molecule has 0 aliphatic heterocycles. The van der Waals surface area contributed by atoms with Crippen LogP contribution in [0.25, 0.3) is 0 Å². The molecule has 0 saturated heterocycles. The van der Waals surface area contributed by atoms with Crippen LogP contribution in [0.1, 0.15) is 22.8 Å². The van der Waals surface area contributed by atoms with Crippen molar-refractivity contribution >= 4 is 29.2 Å². The van der Waals surface area contributed by atoms with Gasteiger partial charge >= 0.3 is 5.97 Å². The Labute approximate surface area is 225 Å². The number of aliphatic hydroxyl groups is 1. The molecular weight excluding hydrogens is 514 g/mol. The van der Waals surface area contributed by atoms with Gasteiger partial charge in [-0.05, 0) is 24.3 Å². The summed E-state index contributed by atoms with van der Waals surface area (Å²) < 4.78 is 21.6.